The Morgan fingerprint density at radius 1 is 1.33 bits per heavy atom. The molecule has 18 heavy (non-hydrogen) atoms. The van der Waals surface area contributed by atoms with Crippen LogP contribution >= 0.6 is 0 Å². The first-order valence-electron chi connectivity index (χ1n) is 6.05. The molecule has 0 radical (unpaired) electrons. The number of ether oxygens (including phenoxy) is 1. The van der Waals surface area contributed by atoms with Crippen LogP contribution in [0.5, 0.6) is 5.75 Å². The lowest BCUT2D eigenvalue weighted by atomic mass is 9.94. The Morgan fingerprint density at radius 3 is 2.33 bits per heavy atom. The maximum Gasteiger partial charge on any atom is 0.310 e. The van der Waals surface area contributed by atoms with Crippen LogP contribution in [0.15, 0.2) is 24.3 Å². The highest BCUT2D eigenvalue weighted by molar-refractivity contribution is 5.74. The summed E-state index contributed by atoms with van der Waals surface area (Å²) in [6.07, 6.45) is 0.148. The van der Waals surface area contributed by atoms with Crippen molar-refractivity contribution in [3.63, 3.8) is 0 Å². The Kier molecular flexibility index (Phi) is 4.59. The minimum absolute atomic E-state index is 0.148. The van der Waals surface area contributed by atoms with E-state index in [9.17, 15) is 4.79 Å². The Bertz CT molecular complexity index is 396. The van der Waals surface area contributed by atoms with Crippen molar-refractivity contribution >= 4 is 11.7 Å². The van der Waals surface area contributed by atoms with Gasteiger partial charge in [0.25, 0.3) is 0 Å². The van der Waals surface area contributed by atoms with Crippen molar-refractivity contribution in [2.24, 2.45) is 5.41 Å². The monoisotopic (exact) mass is 251 g/mol. The molecule has 4 heteroatoms. The van der Waals surface area contributed by atoms with Gasteiger partial charge in [-0.15, -0.1) is 0 Å². The fraction of sp³-hybridized carbons (Fsp3) is 0.500. The smallest absolute Gasteiger partial charge is 0.310 e. The minimum atomic E-state index is -0.810. The van der Waals surface area contributed by atoms with E-state index in [4.69, 9.17) is 9.84 Å². The highest BCUT2D eigenvalue weighted by atomic mass is 16.5. The number of nitrogens with one attached hydrogen (secondary N) is 1. The molecule has 2 N–H and O–H groups in total. The van der Waals surface area contributed by atoms with Crippen molar-refractivity contribution in [1.29, 1.82) is 0 Å². The highest BCUT2D eigenvalue weighted by Gasteiger charge is 2.26. The molecule has 0 atom stereocenters. The zero-order chi connectivity index (χ0) is 13.8. The predicted octanol–water partition coefficient (Wildman–Crippen LogP) is 3.00. The highest BCUT2D eigenvalue weighted by Crippen LogP contribution is 2.20. The van der Waals surface area contributed by atoms with E-state index in [0.717, 1.165) is 11.4 Å². The summed E-state index contributed by atoms with van der Waals surface area (Å²) in [7, 11) is 0. The average Bonchev–Trinajstić information content (AvgIpc) is 2.27. The summed E-state index contributed by atoms with van der Waals surface area (Å²) in [4.78, 5) is 11.0. The van der Waals surface area contributed by atoms with Crippen LogP contribution in [0.2, 0.25) is 0 Å². The molecular formula is C14H21NO3. The van der Waals surface area contributed by atoms with Gasteiger partial charge in [-0.05, 0) is 52.0 Å². The van der Waals surface area contributed by atoms with Gasteiger partial charge in [0, 0.05) is 12.2 Å². The van der Waals surface area contributed by atoms with E-state index >= 15 is 0 Å². The topological polar surface area (TPSA) is 58.6 Å². The number of carbonyl (C=O) groups is 1. The first-order chi connectivity index (χ1) is 8.31. The summed E-state index contributed by atoms with van der Waals surface area (Å²) in [5, 5.41) is 12.1. The lowest BCUT2D eigenvalue weighted by Crippen LogP contribution is -2.31. The van der Waals surface area contributed by atoms with E-state index in [0.29, 0.717) is 6.54 Å². The van der Waals surface area contributed by atoms with E-state index < -0.39 is 11.4 Å². The lowest BCUT2D eigenvalue weighted by molar-refractivity contribution is -0.146. The first kappa shape index (κ1) is 14.4. The summed E-state index contributed by atoms with van der Waals surface area (Å²) in [5.74, 6) is 0.00260. The second kappa shape index (κ2) is 5.76. The van der Waals surface area contributed by atoms with Crippen LogP contribution in [-0.2, 0) is 4.79 Å². The molecule has 0 saturated heterocycles. The van der Waals surface area contributed by atoms with Gasteiger partial charge in [0.1, 0.15) is 5.75 Å². The molecule has 0 spiro atoms. The van der Waals surface area contributed by atoms with Crippen molar-refractivity contribution in [3.05, 3.63) is 24.3 Å². The number of hydrogen-bond acceptors (Lipinski definition) is 3. The number of carboxylic acid groups (broad SMARTS) is 1. The molecule has 100 valence electrons. The molecule has 4 nitrogen and oxygen atoms in total. The largest absolute Gasteiger partial charge is 0.491 e. The van der Waals surface area contributed by atoms with Crippen molar-refractivity contribution < 1.29 is 14.6 Å². The van der Waals surface area contributed by atoms with E-state index in [1.807, 2.05) is 38.1 Å². The van der Waals surface area contributed by atoms with Gasteiger partial charge < -0.3 is 15.2 Å². The Morgan fingerprint density at radius 2 is 1.89 bits per heavy atom. The van der Waals surface area contributed by atoms with Gasteiger partial charge in [-0.2, -0.15) is 0 Å². The van der Waals surface area contributed by atoms with Crippen LogP contribution in [0, 0.1) is 5.41 Å². The number of rotatable bonds is 6. The molecule has 0 unspecified atom stereocenters. The van der Waals surface area contributed by atoms with Crippen LogP contribution in [0.4, 0.5) is 5.69 Å². The van der Waals surface area contributed by atoms with Gasteiger partial charge in [-0.25, -0.2) is 0 Å². The standard InChI is InChI=1S/C14H21NO3/c1-10(2)18-12-7-5-11(6-8-12)15-9-14(3,4)13(16)17/h5-8,10,15H,9H2,1-4H3,(H,16,17). The molecule has 0 aliphatic rings. The molecule has 0 bridgehead atoms. The summed E-state index contributed by atoms with van der Waals surface area (Å²) < 4.78 is 5.53. The van der Waals surface area contributed by atoms with E-state index in [2.05, 4.69) is 5.32 Å². The fourth-order valence-electron chi connectivity index (χ4n) is 1.32. The van der Waals surface area contributed by atoms with Crippen LogP contribution in [0.3, 0.4) is 0 Å². The van der Waals surface area contributed by atoms with Crippen LogP contribution in [0.1, 0.15) is 27.7 Å². The van der Waals surface area contributed by atoms with Gasteiger partial charge in [0.15, 0.2) is 0 Å². The molecule has 1 aromatic carbocycles. The molecule has 0 heterocycles. The van der Waals surface area contributed by atoms with E-state index in [-0.39, 0.29) is 6.10 Å². The minimum Gasteiger partial charge on any atom is -0.491 e. The predicted molar refractivity (Wildman–Crippen MR) is 72.1 cm³/mol. The summed E-state index contributed by atoms with van der Waals surface area (Å²) in [5.41, 5.74) is 0.105. The average molecular weight is 251 g/mol. The van der Waals surface area contributed by atoms with Crippen LogP contribution in [0.25, 0.3) is 0 Å². The quantitative estimate of drug-likeness (QED) is 0.816. The third-order valence-corrected chi connectivity index (χ3v) is 2.54. The Balaban J connectivity index is 2.57. The third-order valence-electron chi connectivity index (χ3n) is 2.54. The molecule has 0 fully saturated rings. The van der Waals surface area contributed by atoms with Gasteiger partial charge in [-0.3, -0.25) is 4.79 Å². The number of benzene rings is 1. The molecule has 0 aromatic heterocycles. The van der Waals surface area contributed by atoms with Crippen molar-refractivity contribution in [3.8, 4) is 5.75 Å². The van der Waals surface area contributed by atoms with E-state index in [1.54, 1.807) is 13.8 Å². The van der Waals surface area contributed by atoms with Crippen molar-refractivity contribution in [2.45, 2.75) is 33.8 Å². The van der Waals surface area contributed by atoms with Crippen LogP contribution in [-0.4, -0.2) is 23.7 Å². The number of hydrogen-bond donors (Lipinski definition) is 2. The maximum atomic E-state index is 11.0. The van der Waals surface area contributed by atoms with Crippen molar-refractivity contribution in [2.75, 3.05) is 11.9 Å². The number of anilines is 1. The Labute approximate surface area is 108 Å². The molecule has 0 saturated carbocycles. The summed E-state index contributed by atoms with van der Waals surface area (Å²) in [6.45, 7) is 7.72. The van der Waals surface area contributed by atoms with Crippen LogP contribution < -0.4 is 10.1 Å². The Hall–Kier alpha value is -1.71. The number of carboxylic acids is 1. The molecule has 0 aliphatic heterocycles. The summed E-state index contributed by atoms with van der Waals surface area (Å²) in [6, 6.07) is 7.51. The zero-order valence-corrected chi connectivity index (χ0v) is 11.4. The van der Waals surface area contributed by atoms with Crippen molar-refractivity contribution in [1.82, 2.24) is 0 Å². The second-order valence-corrected chi connectivity index (χ2v) is 5.23. The van der Waals surface area contributed by atoms with Gasteiger partial charge in [0.2, 0.25) is 0 Å². The third kappa shape index (κ3) is 4.28. The number of aliphatic carboxylic acids is 1. The SMILES string of the molecule is CC(C)Oc1ccc(NCC(C)(C)C(=O)O)cc1. The molecule has 0 aliphatic carbocycles. The normalized spacial score (nSPS) is 11.4. The molecule has 0 amide bonds. The second-order valence-electron chi connectivity index (χ2n) is 5.23. The fourth-order valence-corrected chi connectivity index (χ4v) is 1.32. The first-order valence-corrected chi connectivity index (χ1v) is 6.05. The molecule has 1 aromatic rings. The van der Waals surface area contributed by atoms with E-state index in [1.165, 1.54) is 0 Å². The maximum absolute atomic E-state index is 11.0. The molecule has 1 rings (SSSR count). The van der Waals surface area contributed by atoms with Gasteiger partial charge in [-0.1, -0.05) is 0 Å². The zero-order valence-electron chi connectivity index (χ0n) is 11.4. The molecular weight excluding hydrogens is 230 g/mol. The van der Waals surface area contributed by atoms with Gasteiger partial charge >= 0.3 is 5.97 Å². The van der Waals surface area contributed by atoms with Gasteiger partial charge in [0.05, 0.1) is 11.5 Å². The summed E-state index contributed by atoms with van der Waals surface area (Å²) >= 11 is 0. The lowest BCUT2D eigenvalue weighted by Gasteiger charge is -2.20.